The van der Waals surface area contributed by atoms with E-state index in [9.17, 15) is 10.1 Å². The molecule has 0 aromatic carbocycles. The fraction of sp³-hybridized carbons (Fsp3) is 0.412. The molecule has 2 heterocycles. The highest BCUT2D eigenvalue weighted by Gasteiger charge is 2.23. The Morgan fingerprint density at radius 2 is 2.17 bits per heavy atom. The first kappa shape index (κ1) is 16.0. The summed E-state index contributed by atoms with van der Waals surface area (Å²) >= 11 is 0. The van der Waals surface area contributed by atoms with E-state index in [1.54, 1.807) is 11.7 Å². The predicted octanol–water partition coefficient (Wildman–Crippen LogP) is 2.29. The van der Waals surface area contributed by atoms with E-state index >= 15 is 0 Å². The molecule has 0 spiro atoms. The average Bonchev–Trinajstić information content (AvgIpc) is 3.38. The van der Waals surface area contributed by atoms with Gasteiger partial charge in [-0.15, -0.1) is 0 Å². The molecule has 1 N–H and O–H groups in total. The Morgan fingerprint density at radius 3 is 2.79 bits per heavy atom. The normalized spacial score (nSPS) is 13.4. The van der Waals surface area contributed by atoms with Crippen LogP contribution in [0.15, 0.2) is 17.1 Å². The Hall–Kier alpha value is -2.88. The maximum Gasteiger partial charge on any atom is 0.293 e. The van der Waals surface area contributed by atoms with E-state index < -0.39 is 0 Å². The molecule has 1 fully saturated rings. The van der Waals surface area contributed by atoms with Crippen LogP contribution in [-0.2, 0) is 6.54 Å². The van der Waals surface area contributed by atoms with Crippen molar-refractivity contribution in [1.82, 2.24) is 14.5 Å². The van der Waals surface area contributed by atoms with E-state index in [0.29, 0.717) is 29.7 Å². The van der Waals surface area contributed by atoms with Gasteiger partial charge in [-0.05, 0) is 38.7 Å². The molecule has 2 aromatic rings. The summed E-state index contributed by atoms with van der Waals surface area (Å²) in [5, 5.41) is 12.2. The van der Waals surface area contributed by atoms with Crippen molar-refractivity contribution in [3.05, 3.63) is 39.6 Å². The SMILES string of the molecule is COc1nc(C)c(Nc2nc(C#N)cn(CC3CC3)c2=O)cc1C. The number of hydrogen-bond acceptors (Lipinski definition) is 6. The summed E-state index contributed by atoms with van der Waals surface area (Å²) in [6.07, 6.45) is 3.77. The number of pyridine rings is 1. The van der Waals surface area contributed by atoms with E-state index in [4.69, 9.17) is 4.74 Å². The van der Waals surface area contributed by atoms with Crippen LogP contribution in [0.1, 0.15) is 29.8 Å². The molecule has 24 heavy (non-hydrogen) atoms. The standard InChI is InChI=1S/C17H19N5O2/c1-10-6-14(11(2)19-16(10)24-3)21-15-17(23)22(8-12-4-5-12)9-13(7-18)20-15/h6,9,12H,4-5,8H2,1-3H3,(H,20,21). The van der Waals surface area contributed by atoms with Crippen LogP contribution in [0.5, 0.6) is 5.88 Å². The van der Waals surface area contributed by atoms with Crippen LogP contribution in [0.3, 0.4) is 0 Å². The number of nitrogens with one attached hydrogen (secondary N) is 1. The predicted molar refractivity (Wildman–Crippen MR) is 89.5 cm³/mol. The molecule has 3 rings (SSSR count). The first-order valence-corrected chi connectivity index (χ1v) is 7.82. The third kappa shape index (κ3) is 3.23. The van der Waals surface area contributed by atoms with E-state index in [-0.39, 0.29) is 17.1 Å². The molecule has 1 aliphatic rings. The number of ether oxygens (including phenoxy) is 1. The van der Waals surface area contributed by atoms with Gasteiger partial charge in [-0.25, -0.2) is 9.97 Å². The van der Waals surface area contributed by atoms with Gasteiger partial charge in [0.1, 0.15) is 6.07 Å². The van der Waals surface area contributed by atoms with Crippen molar-refractivity contribution in [1.29, 1.82) is 5.26 Å². The van der Waals surface area contributed by atoms with E-state index in [2.05, 4.69) is 15.3 Å². The lowest BCUT2D eigenvalue weighted by Gasteiger charge is -2.13. The van der Waals surface area contributed by atoms with Gasteiger partial charge in [0.25, 0.3) is 5.56 Å². The zero-order valence-electron chi connectivity index (χ0n) is 14.0. The van der Waals surface area contributed by atoms with Gasteiger partial charge in [0.15, 0.2) is 11.5 Å². The summed E-state index contributed by atoms with van der Waals surface area (Å²) in [5.41, 5.74) is 2.20. The number of nitriles is 1. The van der Waals surface area contributed by atoms with Crippen LogP contribution < -0.4 is 15.6 Å². The lowest BCUT2D eigenvalue weighted by atomic mass is 10.2. The molecule has 1 aliphatic carbocycles. The third-order valence-electron chi connectivity index (χ3n) is 4.04. The average molecular weight is 325 g/mol. The van der Waals surface area contributed by atoms with Crippen LogP contribution in [0.25, 0.3) is 0 Å². The zero-order chi connectivity index (χ0) is 17.3. The van der Waals surface area contributed by atoms with Gasteiger partial charge in [0.05, 0.1) is 18.5 Å². The van der Waals surface area contributed by atoms with Crippen molar-refractivity contribution in [2.75, 3.05) is 12.4 Å². The van der Waals surface area contributed by atoms with Gasteiger partial charge in [-0.3, -0.25) is 4.79 Å². The van der Waals surface area contributed by atoms with Crippen molar-refractivity contribution in [2.45, 2.75) is 33.2 Å². The van der Waals surface area contributed by atoms with E-state index in [1.165, 1.54) is 6.20 Å². The van der Waals surface area contributed by atoms with Crippen LogP contribution in [-0.4, -0.2) is 21.6 Å². The second-order valence-electron chi connectivity index (χ2n) is 6.06. The highest BCUT2D eigenvalue weighted by molar-refractivity contribution is 5.60. The molecule has 7 heteroatoms. The number of rotatable bonds is 5. The van der Waals surface area contributed by atoms with Crippen molar-refractivity contribution in [3.8, 4) is 11.9 Å². The maximum absolute atomic E-state index is 12.6. The summed E-state index contributed by atoms with van der Waals surface area (Å²) in [4.78, 5) is 21.1. The number of aryl methyl sites for hydroxylation is 2. The third-order valence-corrected chi connectivity index (χ3v) is 4.04. The Balaban J connectivity index is 1.99. The number of hydrogen-bond donors (Lipinski definition) is 1. The molecule has 1 saturated carbocycles. The molecule has 0 amide bonds. The van der Waals surface area contributed by atoms with Gasteiger partial charge in [0.2, 0.25) is 5.88 Å². The summed E-state index contributed by atoms with van der Waals surface area (Å²) in [6.45, 7) is 4.33. The first-order valence-electron chi connectivity index (χ1n) is 7.82. The first-order chi connectivity index (χ1) is 11.5. The Kier molecular flexibility index (Phi) is 4.21. The highest BCUT2D eigenvalue weighted by atomic mass is 16.5. The molecule has 0 radical (unpaired) electrons. The minimum Gasteiger partial charge on any atom is -0.481 e. The molecular formula is C17H19N5O2. The number of aromatic nitrogens is 3. The van der Waals surface area contributed by atoms with E-state index in [1.807, 2.05) is 26.0 Å². The highest BCUT2D eigenvalue weighted by Crippen LogP contribution is 2.30. The monoisotopic (exact) mass is 325 g/mol. The van der Waals surface area contributed by atoms with E-state index in [0.717, 1.165) is 18.4 Å². The van der Waals surface area contributed by atoms with Gasteiger partial charge >= 0.3 is 0 Å². The molecule has 7 nitrogen and oxygen atoms in total. The summed E-state index contributed by atoms with van der Waals surface area (Å²) < 4.78 is 6.77. The molecule has 0 atom stereocenters. The minimum atomic E-state index is -0.228. The second-order valence-corrected chi connectivity index (χ2v) is 6.06. The molecular weight excluding hydrogens is 306 g/mol. The lowest BCUT2D eigenvalue weighted by Crippen LogP contribution is -2.25. The number of nitrogens with zero attached hydrogens (tertiary/aromatic N) is 4. The number of methoxy groups -OCH3 is 1. The molecule has 124 valence electrons. The number of anilines is 2. The lowest BCUT2D eigenvalue weighted by molar-refractivity contribution is 0.394. The largest absolute Gasteiger partial charge is 0.481 e. The quantitative estimate of drug-likeness (QED) is 0.906. The molecule has 0 saturated heterocycles. The molecule has 0 unspecified atom stereocenters. The fourth-order valence-corrected chi connectivity index (χ4v) is 2.53. The van der Waals surface area contributed by atoms with Crippen LogP contribution in [0.2, 0.25) is 0 Å². The summed E-state index contributed by atoms with van der Waals surface area (Å²) in [5.74, 6) is 1.21. The molecule has 2 aromatic heterocycles. The van der Waals surface area contributed by atoms with Gasteiger partial charge < -0.3 is 14.6 Å². The Morgan fingerprint density at radius 1 is 1.42 bits per heavy atom. The fourth-order valence-electron chi connectivity index (χ4n) is 2.53. The molecule has 0 aliphatic heterocycles. The Bertz CT molecular complexity index is 878. The topological polar surface area (TPSA) is 92.8 Å². The summed E-state index contributed by atoms with van der Waals surface area (Å²) in [7, 11) is 1.57. The van der Waals surface area contributed by atoms with Crippen LogP contribution in [0, 0.1) is 31.1 Å². The van der Waals surface area contributed by atoms with Crippen LogP contribution in [0.4, 0.5) is 11.5 Å². The van der Waals surface area contributed by atoms with Crippen molar-refractivity contribution < 1.29 is 4.74 Å². The van der Waals surface area contributed by atoms with Crippen molar-refractivity contribution >= 4 is 11.5 Å². The van der Waals surface area contributed by atoms with Gasteiger partial charge in [0, 0.05) is 18.3 Å². The zero-order valence-corrected chi connectivity index (χ0v) is 14.0. The summed E-state index contributed by atoms with van der Waals surface area (Å²) in [6, 6.07) is 3.87. The Labute approximate surface area is 139 Å². The second kappa shape index (κ2) is 6.32. The van der Waals surface area contributed by atoms with Crippen molar-refractivity contribution in [2.24, 2.45) is 5.92 Å². The van der Waals surface area contributed by atoms with Crippen molar-refractivity contribution in [3.63, 3.8) is 0 Å². The smallest absolute Gasteiger partial charge is 0.293 e. The molecule has 0 bridgehead atoms. The minimum absolute atomic E-state index is 0.143. The van der Waals surface area contributed by atoms with Crippen LogP contribution >= 0.6 is 0 Å². The maximum atomic E-state index is 12.6. The van der Waals surface area contributed by atoms with Gasteiger partial charge in [-0.2, -0.15) is 5.26 Å². The van der Waals surface area contributed by atoms with Gasteiger partial charge in [-0.1, -0.05) is 0 Å².